The van der Waals surface area contributed by atoms with Crippen molar-refractivity contribution in [3.8, 4) is 0 Å². The average molecular weight is 166 g/mol. The van der Waals surface area contributed by atoms with Crippen molar-refractivity contribution in [2.75, 3.05) is 0 Å². The van der Waals surface area contributed by atoms with Gasteiger partial charge in [0.25, 0.3) is 0 Å². The molecule has 1 saturated carbocycles. The highest BCUT2D eigenvalue weighted by Gasteiger charge is 2.58. The second-order valence-corrected chi connectivity index (χ2v) is 3.95. The van der Waals surface area contributed by atoms with E-state index in [-0.39, 0.29) is 42.0 Å². The van der Waals surface area contributed by atoms with Gasteiger partial charge >= 0.3 is 0 Å². The van der Waals surface area contributed by atoms with Crippen molar-refractivity contribution in [3.63, 3.8) is 0 Å². The molecule has 0 radical (unpaired) electrons. The molecule has 3 fully saturated rings. The molecule has 0 amide bonds. The van der Waals surface area contributed by atoms with E-state index in [2.05, 4.69) is 0 Å². The molecule has 3 aliphatic rings. The Hall–Kier alpha value is -0.700. The third kappa shape index (κ3) is 0.614. The second-order valence-electron chi connectivity index (χ2n) is 3.95. The molecule has 12 heavy (non-hydrogen) atoms. The van der Waals surface area contributed by atoms with Crippen molar-refractivity contribution < 1.29 is 14.3 Å². The van der Waals surface area contributed by atoms with Gasteiger partial charge in [-0.15, -0.1) is 0 Å². The predicted molar refractivity (Wildman–Crippen MR) is 39.5 cm³/mol. The minimum Gasteiger partial charge on any atom is -0.373 e. The number of rotatable bonds is 0. The SMILES string of the molecule is O=C1CC(=O)[C@H]2[C@@H]1[C@H]1CC[C@H]2O1. The maximum absolute atomic E-state index is 11.4. The van der Waals surface area contributed by atoms with Gasteiger partial charge in [0.1, 0.15) is 11.6 Å². The number of ketones is 2. The van der Waals surface area contributed by atoms with Crippen LogP contribution in [-0.4, -0.2) is 23.8 Å². The summed E-state index contributed by atoms with van der Waals surface area (Å²) in [6.45, 7) is 0. The van der Waals surface area contributed by atoms with Crippen LogP contribution in [-0.2, 0) is 14.3 Å². The summed E-state index contributed by atoms with van der Waals surface area (Å²) in [6, 6.07) is 0. The summed E-state index contributed by atoms with van der Waals surface area (Å²) in [6.07, 6.45) is 2.29. The van der Waals surface area contributed by atoms with Gasteiger partial charge in [-0.25, -0.2) is 0 Å². The third-order valence-electron chi connectivity index (χ3n) is 3.37. The van der Waals surface area contributed by atoms with Crippen molar-refractivity contribution in [2.24, 2.45) is 11.8 Å². The van der Waals surface area contributed by atoms with Crippen LogP contribution >= 0.6 is 0 Å². The molecule has 0 aromatic rings. The molecule has 4 atom stereocenters. The number of ether oxygens (including phenoxy) is 1. The summed E-state index contributed by atoms with van der Waals surface area (Å²) in [5.74, 6) is 0.127. The second kappa shape index (κ2) is 1.96. The van der Waals surface area contributed by atoms with Crippen LogP contribution in [0, 0.1) is 11.8 Å². The Kier molecular flexibility index (Phi) is 1.11. The van der Waals surface area contributed by atoms with E-state index in [9.17, 15) is 9.59 Å². The van der Waals surface area contributed by atoms with Gasteiger partial charge in [0.15, 0.2) is 0 Å². The van der Waals surface area contributed by atoms with Crippen molar-refractivity contribution in [3.05, 3.63) is 0 Å². The predicted octanol–water partition coefficient (Wildman–Crippen LogP) is 0.322. The zero-order chi connectivity index (χ0) is 8.29. The lowest BCUT2D eigenvalue weighted by atomic mass is 9.81. The summed E-state index contributed by atoms with van der Waals surface area (Å²) in [4.78, 5) is 22.7. The molecular weight excluding hydrogens is 156 g/mol. The quantitative estimate of drug-likeness (QED) is 0.487. The molecular formula is C9H10O3. The molecule has 0 spiro atoms. The Morgan fingerprint density at radius 1 is 1.00 bits per heavy atom. The first-order valence-electron chi connectivity index (χ1n) is 4.48. The van der Waals surface area contributed by atoms with E-state index in [0.717, 1.165) is 12.8 Å². The lowest BCUT2D eigenvalue weighted by molar-refractivity contribution is -0.125. The number of hydrogen-bond acceptors (Lipinski definition) is 3. The highest BCUT2D eigenvalue weighted by molar-refractivity contribution is 6.09. The fourth-order valence-corrected chi connectivity index (χ4v) is 2.90. The van der Waals surface area contributed by atoms with Crippen LogP contribution in [0.2, 0.25) is 0 Å². The molecule has 2 aliphatic heterocycles. The van der Waals surface area contributed by atoms with Gasteiger partial charge in [-0.1, -0.05) is 0 Å². The van der Waals surface area contributed by atoms with E-state index >= 15 is 0 Å². The van der Waals surface area contributed by atoms with E-state index in [1.165, 1.54) is 0 Å². The van der Waals surface area contributed by atoms with E-state index < -0.39 is 0 Å². The summed E-state index contributed by atoms with van der Waals surface area (Å²) >= 11 is 0. The van der Waals surface area contributed by atoms with Crippen LogP contribution in [0.15, 0.2) is 0 Å². The summed E-state index contributed by atoms with van der Waals surface area (Å²) in [7, 11) is 0. The Bertz CT molecular complexity index is 245. The highest BCUT2D eigenvalue weighted by atomic mass is 16.5. The minimum absolute atomic E-state index is 0.0590. The fraction of sp³-hybridized carbons (Fsp3) is 0.778. The van der Waals surface area contributed by atoms with E-state index in [4.69, 9.17) is 4.74 Å². The molecule has 0 aromatic heterocycles. The molecule has 3 nitrogen and oxygen atoms in total. The van der Waals surface area contributed by atoms with Gasteiger partial charge in [-0.05, 0) is 12.8 Å². The fourth-order valence-electron chi connectivity index (χ4n) is 2.90. The maximum Gasteiger partial charge on any atom is 0.146 e. The van der Waals surface area contributed by atoms with Gasteiger partial charge < -0.3 is 4.74 Å². The lowest BCUT2D eigenvalue weighted by Gasteiger charge is -2.17. The van der Waals surface area contributed by atoms with Crippen molar-refractivity contribution in [2.45, 2.75) is 31.5 Å². The van der Waals surface area contributed by atoms with Crippen molar-refractivity contribution in [1.82, 2.24) is 0 Å². The molecule has 1 aliphatic carbocycles. The largest absolute Gasteiger partial charge is 0.373 e. The summed E-state index contributed by atoms with van der Waals surface area (Å²) < 4.78 is 5.54. The molecule has 3 heteroatoms. The minimum atomic E-state index is -0.0590. The van der Waals surface area contributed by atoms with Crippen LogP contribution in [0.1, 0.15) is 19.3 Å². The molecule has 2 bridgehead atoms. The van der Waals surface area contributed by atoms with Crippen LogP contribution in [0.4, 0.5) is 0 Å². The topological polar surface area (TPSA) is 43.4 Å². The molecule has 2 heterocycles. The van der Waals surface area contributed by atoms with Gasteiger partial charge in [0, 0.05) is 0 Å². The van der Waals surface area contributed by atoms with E-state index in [1.807, 2.05) is 0 Å². The number of Topliss-reactive ketones (excluding diaryl/α,β-unsaturated/α-hetero) is 2. The molecule has 0 aromatic carbocycles. The van der Waals surface area contributed by atoms with E-state index in [0.29, 0.717) is 0 Å². The van der Waals surface area contributed by atoms with Crippen LogP contribution in [0.3, 0.4) is 0 Å². The van der Waals surface area contributed by atoms with Crippen LogP contribution in [0.25, 0.3) is 0 Å². The number of carbonyl (C=O) groups is 2. The zero-order valence-electron chi connectivity index (χ0n) is 6.66. The lowest BCUT2D eigenvalue weighted by Crippen LogP contribution is -2.29. The highest BCUT2D eigenvalue weighted by Crippen LogP contribution is 2.48. The molecule has 0 N–H and O–H groups in total. The van der Waals surface area contributed by atoms with Gasteiger partial charge in [0.2, 0.25) is 0 Å². The summed E-state index contributed by atoms with van der Waals surface area (Å²) in [5, 5.41) is 0. The Labute approximate surface area is 70.1 Å². The first-order chi connectivity index (χ1) is 5.77. The van der Waals surface area contributed by atoms with Crippen LogP contribution in [0.5, 0.6) is 0 Å². The van der Waals surface area contributed by atoms with Gasteiger partial charge in [0.05, 0.1) is 30.5 Å². The first kappa shape index (κ1) is 6.78. The number of fused-ring (bicyclic) bond motifs is 5. The Morgan fingerprint density at radius 3 is 2.00 bits per heavy atom. The molecule has 2 saturated heterocycles. The maximum atomic E-state index is 11.4. The average Bonchev–Trinajstić information content (AvgIpc) is 2.64. The van der Waals surface area contributed by atoms with Gasteiger partial charge in [-0.3, -0.25) is 9.59 Å². The molecule has 0 unspecified atom stereocenters. The summed E-state index contributed by atoms with van der Waals surface area (Å²) in [5.41, 5.74) is 0. The third-order valence-corrected chi connectivity index (χ3v) is 3.37. The number of carbonyl (C=O) groups excluding carboxylic acids is 2. The smallest absolute Gasteiger partial charge is 0.146 e. The standard InChI is InChI=1S/C9H10O3/c10-4-3-5(11)9-7-2-1-6(12-7)8(4)9/h6-9H,1-3H2/t6-,7-,8-,9+/m1/s1. The number of hydrogen-bond donors (Lipinski definition) is 0. The first-order valence-corrected chi connectivity index (χ1v) is 4.48. The molecule has 3 rings (SSSR count). The zero-order valence-corrected chi connectivity index (χ0v) is 6.66. The Morgan fingerprint density at radius 2 is 1.50 bits per heavy atom. The van der Waals surface area contributed by atoms with Gasteiger partial charge in [-0.2, -0.15) is 0 Å². The van der Waals surface area contributed by atoms with Crippen molar-refractivity contribution in [1.29, 1.82) is 0 Å². The Balaban J connectivity index is 2.03. The van der Waals surface area contributed by atoms with E-state index in [1.54, 1.807) is 0 Å². The van der Waals surface area contributed by atoms with Crippen LogP contribution < -0.4 is 0 Å². The molecule has 64 valence electrons. The van der Waals surface area contributed by atoms with Crippen molar-refractivity contribution >= 4 is 11.6 Å². The normalized spacial score (nSPS) is 50.3. The monoisotopic (exact) mass is 166 g/mol.